The summed E-state index contributed by atoms with van der Waals surface area (Å²) in [5.41, 5.74) is -0.770. The van der Waals surface area contributed by atoms with Crippen molar-refractivity contribution in [1.29, 1.82) is 0 Å². The highest BCUT2D eigenvalue weighted by molar-refractivity contribution is 6.35. The van der Waals surface area contributed by atoms with Gasteiger partial charge in [0, 0.05) is 20.6 Å². The second-order valence-corrected chi connectivity index (χ2v) is 8.96. The monoisotopic (exact) mass is 566 g/mol. The SMILES string of the molecule is O=C(N/C=N\OCc1ccc(Cl)cc1Cl)C(c1ccc(Cl)cc1)c1nc2ccccc2nc1C(F)(F)F. The number of nitrogens with one attached hydrogen (secondary N) is 1. The lowest BCUT2D eigenvalue weighted by Crippen LogP contribution is -2.31. The largest absolute Gasteiger partial charge is 0.435 e. The van der Waals surface area contributed by atoms with E-state index in [0.29, 0.717) is 20.6 Å². The number of hydrogen-bond acceptors (Lipinski definition) is 5. The fourth-order valence-corrected chi connectivity index (χ4v) is 4.06. The van der Waals surface area contributed by atoms with Gasteiger partial charge in [0.1, 0.15) is 18.9 Å². The Morgan fingerprint density at radius 3 is 2.27 bits per heavy atom. The summed E-state index contributed by atoms with van der Waals surface area (Å²) in [6, 6.07) is 16.7. The van der Waals surface area contributed by atoms with Gasteiger partial charge >= 0.3 is 6.18 Å². The van der Waals surface area contributed by atoms with Crippen molar-refractivity contribution in [1.82, 2.24) is 15.3 Å². The Bertz CT molecular complexity index is 1460. The predicted octanol–water partition coefficient (Wildman–Crippen LogP) is 7.02. The Hall–Kier alpha value is -3.40. The lowest BCUT2D eigenvalue weighted by Gasteiger charge is -2.20. The molecule has 0 bridgehead atoms. The van der Waals surface area contributed by atoms with Crippen LogP contribution < -0.4 is 5.32 Å². The van der Waals surface area contributed by atoms with Crippen LogP contribution in [0.4, 0.5) is 13.2 Å². The standard InChI is InChI=1S/C25H16Cl3F3N4O2/c26-16-8-5-14(6-9-16)21(22-23(25(29,30)31)35-20-4-2-1-3-19(20)34-22)24(36)32-13-33-37-12-15-7-10-17(27)11-18(15)28/h1-11,13,21H,12H2,(H,32,33,36). The van der Waals surface area contributed by atoms with Gasteiger partial charge in [-0.25, -0.2) is 9.97 Å². The van der Waals surface area contributed by atoms with E-state index < -0.39 is 29.4 Å². The first-order valence-electron chi connectivity index (χ1n) is 10.6. The van der Waals surface area contributed by atoms with Gasteiger partial charge in [-0.3, -0.25) is 4.79 Å². The van der Waals surface area contributed by atoms with Crippen LogP contribution in [0.2, 0.25) is 15.1 Å². The number of carbonyl (C=O) groups excluding carboxylic acids is 1. The molecule has 0 saturated carbocycles. The highest BCUT2D eigenvalue weighted by Gasteiger charge is 2.41. The van der Waals surface area contributed by atoms with Crippen molar-refractivity contribution in [2.24, 2.45) is 5.16 Å². The number of nitrogens with zero attached hydrogens (tertiary/aromatic N) is 3. The zero-order chi connectivity index (χ0) is 26.6. The number of alkyl halides is 3. The van der Waals surface area contributed by atoms with Crippen molar-refractivity contribution in [3.8, 4) is 0 Å². The molecule has 1 unspecified atom stereocenters. The van der Waals surface area contributed by atoms with Crippen LogP contribution in [0, 0.1) is 0 Å². The van der Waals surface area contributed by atoms with Gasteiger partial charge in [-0.05, 0) is 42.0 Å². The second-order valence-electron chi connectivity index (χ2n) is 7.68. The maximum Gasteiger partial charge on any atom is 0.435 e. The summed E-state index contributed by atoms with van der Waals surface area (Å²) in [5.74, 6) is -2.32. The average Bonchev–Trinajstić information content (AvgIpc) is 2.85. The molecule has 0 spiro atoms. The molecule has 1 amide bonds. The third-order valence-corrected chi connectivity index (χ3v) is 6.01. The number of hydrogen-bond donors (Lipinski definition) is 1. The van der Waals surface area contributed by atoms with Crippen LogP contribution in [-0.4, -0.2) is 22.2 Å². The molecule has 190 valence electrons. The molecule has 0 fully saturated rings. The Balaban J connectivity index is 1.64. The minimum Gasteiger partial charge on any atom is -0.390 e. The summed E-state index contributed by atoms with van der Waals surface area (Å²) < 4.78 is 42.1. The van der Waals surface area contributed by atoms with E-state index in [9.17, 15) is 18.0 Å². The molecule has 4 aromatic rings. The van der Waals surface area contributed by atoms with E-state index in [-0.39, 0.29) is 23.2 Å². The van der Waals surface area contributed by atoms with E-state index in [4.69, 9.17) is 39.6 Å². The summed E-state index contributed by atoms with van der Waals surface area (Å²) in [7, 11) is 0. The van der Waals surface area contributed by atoms with Crippen LogP contribution in [0.1, 0.15) is 28.4 Å². The molecule has 0 radical (unpaired) electrons. The quantitative estimate of drug-likeness (QED) is 0.148. The highest BCUT2D eigenvalue weighted by atomic mass is 35.5. The molecule has 37 heavy (non-hydrogen) atoms. The van der Waals surface area contributed by atoms with Gasteiger partial charge in [-0.15, -0.1) is 0 Å². The minimum atomic E-state index is -4.87. The van der Waals surface area contributed by atoms with Gasteiger partial charge < -0.3 is 10.2 Å². The molecule has 0 aliphatic carbocycles. The lowest BCUT2D eigenvalue weighted by molar-refractivity contribution is -0.142. The number of rotatable bonds is 7. The molecular weight excluding hydrogens is 552 g/mol. The first-order chi connectivity index (χ1) is 17.6. The van der Waals surface area contributed by atoms with Gasteiger partial charge in [0.15, 0.2) is 5.69 Å². The molecule has 1 atom stereocenters. The van der Waals surface area contributed by atoms with E-state index in [2.05, 4.69) is 20.4 Å². The lowest BCUT2D eigenvalue weighted by atomic mass is 9.92. The predicted molar refractivity (Wildman–Crippen MR) is 136 cm³/mol. The molecule has 0 aliphatic rings. The Morgan fingerprint density at radius 1 is 0.973 bits per heavy atom. The van der Waals surface area contributed by atoms with Crippen LogP contribution in [-0.2, 0) is 22.4 Å². The maximum atomic E-state index is 14.0. The Kier molecular flexibility index (Phi) is 8.16. The first kappa shape index (κ1) is 26.7. The number of benzene rings is 3. The number of halogens is 6. The molecule has 0 saturated heterocycles. The van der Waals surface area contributed by atoms with Crippen LogP contribution in [0.25, 0.3) is 11.0 Å². The van der Waals surface area contributed by atoms with E-state index >= 15 is 0 Å². The second kappa shape index (κ2) is 11.3. The number of fused-ring (bicyclic) bond motifs is 1. The van der Waals surface area contributed by atoms with Crippen molar-refractivity contribution in [3.63, 3.8) is 0 Å². The first-order valence-corrected chi connectivity index (χ1v) is 11.7. The van der Waals surface area contributed by atoms with Crippen LogP contribution in [0.3, 0.4) is 0 Å². The molecule has 6 nitrogen and oxygen atoms in total. The molecule has 3 aromatic carbocycles. The van der Waals surface area contributed by atoms with Crippen molar-refractivity contribution >= 4 is 58.1 Å². The van der Waals surface area contributed by atoms with Gasteiger partial charge in [-0.1, -0.05) is 70.3 Å². The average molecular weight is 568 g/mol. The summed E-state index contributed by atoms with van der Waals surface area (Å²) in [6.07, 6.45) is -3.94. The molecule has 4 rings (SSSR count). The van der Waals surface area contributed by atoms with Gasteiger partial charge in [0.2, 0.25) is 5.91 Å². The number of para-hydroxylation sites is 2. The third-order valence-electron chi connectivity index (χ3n) is 5.17. The molecule has 1 N–H and O–H groups in total. The summed E-state index contributed by atoms with van der Waals surface area (Å²) in [5, 5.41) is 7.16. The smallest absolute Gasteiger partial charge is 0.390 e. The number of carbonyl (C=O) groups is 1. The van der Waals surface area contributed by atoms with Crippen LogP contribution in [0.5, 0.6) is 0 Å². The molecular formula is C25H16Cl3F3N4O2. The van der Waals surface area contributed by atoms with Crippen molar-refractivity contribution in [2.45, 2.75) is 18.7 Å². The van der Waals surface area contributed by atoms with E-state index in [0.717, 1.165) is 6.34 Å². The van der Waals surface area contributed by atoms with Crippen LogP contribution >= 0.6 is 34.8 Å². The van der Waals surface area contributed by atoms with E-state index in [1.165, 1.54) is 42.5 Å². The van der Waals surface area contributed by atoms with Gasteiger partial charge in [-0.2, -0.15) is 13.2 Å². The number of oxime groups is 1. The van der Waals surface area contributed by atoms with Crippen molar-refractivity contribution < 1.29 is 22.8 Å². The van der Waals surface area contributed by atoms with E-state index in [1.807, 2.05) is 0 Å². The fraction of sp³-hybridized carbons (Fsp3) is 0.120. The van der Waals surface area contributed by atoms with E-state index in [1.54, 1.807) is 24.3 Å². The number of amides is 1. The normalized spacial score (nSPS) is 12.6. The van der Waals surface area contributed by atoms with Crippen molar-refractivity contribution in [2.75, 3.05) is 0 Å². The Morgan fingerprint density at radius 2 is 1.62 bits per heavy atom. The molecule has 1 heterocycles. The molecule has 0 aliphatic heterocycles. The van der Waals surface area contributed by atoms with Crippen molar-refractivity contribution in [3.05, 3.63) is 104 Å². The third kappa shape index (κ3) is 6.49. The summed E-state index contributed by atoms with van der Waals surface area (Å²) >= 11 is 17.9. The zero-order valence-corrected chi connectivity index (χ0v) is 20.9. The summed E-state index contributed by atoms with van der Waals surface area (Å²) in [6.45, 7) is -0.0304. The van der Waals surface area contributed by atoms with Crippen LogP contribution in [0.15, 0.2) is 71.9 Å². The maximum absolute atomic E-state index is 14.0. The number of aromatic nitrogens is 2. The molecule has 1 aromatic heterocycles. The highest BCUT2D eigenvalue weighted by Crippen LogP contribution is 2.37. The topological polar surface area (TPSA) is 76.5 Å². The Labute approximate surface area is 224 Å². The molecule has 12 heteroatoms. The summed E-state index contributed by atoms with van der Waals surface area (Å²) in [4.78, 5) is 26.3. The van der Waals surface area contributed by atoms with Gasteiger partial charge in [0.25, 0.3) is 0 Å². The van der Waals surface area contributed by atoms with Gasteiger partial charge in [0.05, 0.1) is 16.7 Å². The zero-order valence-electron chi connectivity index (χ0n) is 18.6. The fourth-order valence-electron chi connectivity index (χ4n) is 3.47. The minimum absolute atomic E-state index is 0.0304.